The zero-order chi connectivity index (χ0) is 33.8. The van der Waals surface area contributed by atoms with Gasteiger partial charge in [-0.2, -0.15) is 0 Å². The van der Waals surface area contributed by atoms with Gasteiger partial charge in [-0.3, -0.25) is 0 Å². The molecule has 0 atom stereocenters. The Morgan fingerprint density at radius 3 is 1.78 bits per heavy atom. The third-order valence-corrected chi connectivity index (χ3v) is 12.4. The van der Waals surface area contributed by atoms with Gasteiger partial charge in [-0.25, -0.2) is 0 Å². The van der Waals surface area contributed by atoms with Crippen LogP contribution in [0, 0.1) is 0 Å². The van der Waals surface area contributed by atoms with Crippen LogP contribution in [-0.4, -0.2) is 0 Å². The first-order chi connectivity index (χ1) is 24.3. The molecule has 0 heterocycles. The van der Waals surface area contributed by atoms with Crippen molar-refractivity contribution in [2.75, 3.05) is 4.90 Å². The number of hydrogen-bond donors (Lipinski definition) is 0. The van der Waals surface area contributed by atoms with Gasteiger partial charge in [0, 0.05) is 27.8 Å². The van der Waals surface area contributed by atoms with Crippen molar-refractivity contribution in [3.8, 4) is 11.1 Å². The van der Waals surface area contributed by atoms with Gasteiger partial charge in [-0.15, -0.1) is 0 Å². The standard InChI is InChI=1S/C49H41N/c1-47(2)37-21-10-8-19-34(37)35-30-29-33(31-44(35)47)50(32-17-6-5-7-18-32)45-28-16-27-43-46(45)36-20-9-11-22-38(36)49(43)41-25-14-12-23-39(41)48(3,4)40-24-13-15-26-42(40)49/h5-10,12-21,23-31H,11,22H2,1-4H3. The number of benzene rings is 6. The van der Waals surface area contributed by atoms with E-state index in [0.29, 0.717) is 0 Å². The summed E-state index contributed by atoms with van der Waals surface area (Å²) >= 11 is 0. The van der Waals surface area contributed by atoms with Gasteiger partial charge in [0.15, 0.2) is 0 Å². The van der Waals surface area contributed by atoms with Crippen LogP contribution in [0.25, 0.3) is 16.7 Å². The van der Waals surface area contributed by atoms with Crippen molar-refractivity contribution in [2.24, 2.45) is 0 Å². The van der Waals surface area contributed by atoms with Crippen molar-refractivity contribution >= 4 is 22.6 Å². The molecule has 0 aliphatic heterocycles. The second kappa shape index (κ2) is 10.3. The van der Waals surface area contributed by atoms with Crippen molar-refractivity contribution < 1.29 is 0 Å². The lowest BCUT2D eigenvalue weighted by molar-refractivity contribution is 0.550. The molecule has 0 aromatic heterocycles. The molecule has 0 saturated heterocycles. The van der Waals surface area contributed by atoms with E-state index < -0.39 is 0 Å². The molecule has 4 aliphatic rings. The Morgan fingerprint density at radius 2 is 1.06 bits per heavy atom. The third kappa shape index (κ3) is 3.68. The molecule has 0 radical (unpaired) electrons. The maximum atomic E-state index is 2.52. The fraction of sp³-hybridized carbons (Fsp3) is 0.184. The van der Waals surface area contributed by atoms with Crippen LogP contribution in [0.4, 0.5) is 17.1 Å². The van der Waals surface area contributed by atoms with Crippen LogP contribution in [0.3, 0.4) is 0 Å². The van der Waals surface area contributed by atoms with Crippen LogP contribution in [0.5, 0.6) is 0 Å². The summed E-state index contributed by atoms with van der Waals surface area (Å²) in [6.45, 7) is 9.57. The van der Waals surface area contributed by atoms with E-state index >= 15 is 0 Å². The Morgan fingerprint density at radius 1 is 0.480 bits per heavy atom. The molecule has 6 aromatic rings. The van der Waals surface area contributed by atoms with E-state index in [0.717, 1.165) is 12.8 Å². The first-order valence-corrected chi connectivity index (χ1v) is 18.2. The highest BCUT2D eigenvalue weighted by Crippen LogP contribution is 2.64. The summed E-state index contributed by atoms with van der Waals surface area (Å²) < 4.78 is 0. The summed E-state index contributed by atoms with van der Waals surface area (Å²) in [7, 11) is 0. The Labute approximate surface area is 296 Å². The van der Waals surface area contributed by atoms with E-state index in [-0.39, 0.29) is 16.2 Å². The molecule has 0 unspecified atom stereocenters. The average Bonchev–Trinajstić information content (AvgIpc) is 3.58. The highest BCUT2D eigenvalue weighted by atomic mass is 15.1. The molecule has 0 fully saturated rings. The maximum absolute atomic E-state index is 2.52. The molecule has 10 rings (SSSR count). The second-order valence-corrected chi connectivity index (χ2v) is 15.6. The summed E-state index contributed by atoms with van der Waals surface area (Å²) in [5, 5.41) is 0. The minimum atomic E-state index is -0.349. The van der Waals surface area contributed by atoms with E-state index in [1.807, 2.05) is 0 Å². The lowest BCUT2D eigenvalue weighted by atomic mass is 9.54. The van der Waals surface area contributed by atoms with Crippen molar-refractivity contribution in [3.05, 3.63) is 202 Å². The van der Waals surface area contributed by atoms with Gasteiger partial charge in [0.25, 0.3) is 0 Å². The molecule has 6 aromatic carbocycles. The molecule has 4 aliphatic carbocycles. The molecule has 0 saturated carbocycles. The largest absolute Gasteiger partial charge is 0.310 e. The molecule has 0 amide bonds. The minimum absolute atomic E-state index is 0.0862. The fourth-order valence-corrected chi connectivity index (χ4v) is 10.2. The molecule has 50 heavy (non-hydrogen) atoms. The average molecular weight is 644 g/mol. The van der Waals surface area contributed by atoms with Crippen LogP contribution in [-0.2, 0) is 16.2 Å². The molecule has 0 N–H and O–H groups in total. The number of allylic oxidation sites excluding steroid dienone is 4. The van der Waals surface area contributed by atoms with Gasteiger partial charge >= 0.3 is 0 Å². The summed E-state index contributed by atoms with van der Waals surface area (Å²) in [6.07, 6.45) is 6.93. The van der Waals surface area contributed by atoms with Crippen molar-refractivity contribution in [2.45, 2.75) is 56.8 Å². The Bertz CT molecular complexity index is 2390. The maximum Gasteiger partial charge on any atom is 0.0683 e. The lowest BCUT2D eigenvalue weighted by Gasteiger charge is -2.47. The van der Waals surface area contributed by atoms with Gasteiger partial charge in [0.05, 0.1) is 11.1 Å². The number of anilines is 3. The smallest absolute Gasteiger partial charge is 0.0683 e. The molecule has 242 valence electrons. The SMILES string of the molecule is CC1(C)c2ccccc2-c2ccc(N(c3ccccc3)c3cccc4c3C3=C(CCC=C3)C43c4ccccc4C(C)(C)c4ccccc43)cc21. The van der Waals surface area contributed by atoms with Crippen LogP contribution in [0.1, 0.15) is 85.0 Å². The van der Waals surface area contributed by atoms with Crippen molar-refractivity contribution in [3.63, 3.8) is 0 Å². The van der Waals surface area contributed by atoms with Gasteiger partial charge in [-0.05, 0) is 104 Å². The number of fused-ring (bicyclic) bond motifs is 11. The minimum Gasteiger partial charge on any atom is -0.310 e. The fourth-order valence-electron chi connectivity index (χ4n) is 10.2. The summed E-state index contributed by atoms with van der Waals surface area (Å²) in [5.74, 6) is 0. The molecule has 0 bridgehead atoms. The van der Waals surface area contributed by atoms with Gasteiger partial charge in [-0.1, -0.05) is 149 Å². The quantitative estimate of drug-likeness (QED) is 0.185. The number of para-hydroxylation sites is 1. The highest BCUT2D eigenvalue weighted by molar-refractivity contribution is 5.99. The summed E-state index contributed by atoms with van der Waals surface area (Å²) in [5.41, 5.74) is 20.0. The summed E-state index contributed by atoms with van der Waals surface area (Å²) in [6, 6.07) is 52.8. The topological polar surface area (TPSA) is 3.24 Å². The molecule has 1 spiro atoms. The first kappa shape index (κ1) is 29.5. The van der Waals surface area contributed by atoms with Crippen LogP contribution < -0.4 is 4.90 Å². The number of hydrogen-bond acceptors (Lipinski definition) is 1. The normalized spacial score (nSPS) is 17.8. The zero-order valence-corrected chi connectivity index (χ0v) is 29.3. The third-order valence-electron chi connectivity index (χ3n) is 12.4. The highest BCUT2D eigenvalue weighted by Gasteiger charge is 2.54. The summed E-state index contributed by atoms with van der Waals surface area (Å²) in [4.78, 5) is 2.52. The molecular weight excluding hydrogens is 603 g/mol. The lowest BCUT2D eigenvalue weighted by Crippen LogP contribution is -2.41. The van der Waals surface area contributed by atoms with E-state index in [4.69, 9.17) is 0 Å². The van der Waals surface area contributed by atoms with Gasteiger partial charge in [0.2, 0.25) is 0 Å². The number of nitrogens with zero attached hydrogens (tertiary/aromatic N) is 1. The van der Waals surface area contributed by atoms with Crippen LogP contribution >= 0.6 is 0 Å². The van der Waals surface area contributed by atoms with Crippen LogP contribution in [0.15, 0.2) is 157 Å². The predicted molar refractivity (Wildman–Crippen MR) is 209 cm³/mol. The van der Waals surface area contributed by atoms with Gasteiger partial charge < -0.3 is 4.90 Å². The van der Waals surface area contributed by atoms with Crippen molar-refractivity contribution in [1.82, 2.24) is 0 Å². The van der Waals surface area contributed by atoms with E-state index in [9.17, 15) is 0 Å². The van der Waals surface area contributed by atoms with Gasteiger partial charge in [0.1, 0.15) is 0 Å². The van der Waals surface area contributed by atoms with Crippen LogP contribution in [0.2, 0.25) is 0 Å². The molecule has 1 heteroatoms. The van der Waals surface area contributed by atoms with Crippen molar-refractivity contribution in [1.29, 1.82) is 0 Å². The Balaban J connectivity index is 1.28. The monoisotopic (exact) mass is 643 g/mol. The second-order valence-electron chi connectivity index (χ2n) is 15.6. The molecule has 1 nitrogen and oxygen atoms in total. The predicted octanol–water partition coefficient (Wildman–Crippen LogP) is 12.6. The van der Waals surface area contributed by atoms with E-state index in [2.05, 4.69) is 184 Å². The number of rotatable bonds is 3. The van der Waals surface area contributed by atoms with E-state index in [1.165, 1.54) is 83.8 Å². The zero-order valence-electron chi connectivity index (χ0n) is 29.3. The van der Waals surface area contributed by atoms with E-state index in [1.54, 1.807) is 0 Å². The first-order valence-electron chi connectivity index (χ1n) is 18.2. The molecular formula is C49H41N. The Kier molecular flexibility index (Phi) is 6.09. The Hall–Kier alpha value is -5.40.